The van der Waals surface area contributed by atoms with E-state index in [1.807, 2.05) is 0 Å². The van der Waals surface area contributed by atoms with Gasteiger partial charge in [0.15, 0.2) is 0 Å². The summed E-state index contributed by atoms with van der Waals surface area (Å²) in [7, 11) is 2.12. The number of likely N-dealkylation sites (N-methyl/N-ethyl adjacent to an activating group) is 1. The summed E-state index contributed by atoms with van der Waals surface area (Å²) in [6, 6.07) is 12.8. The molecule has 5 nitrogen and oxygen atoms in total. The molecule has 0 bridgehead atoms. The molecular weight excluding hydrogens is 440 g/mol. The molecule has 1 aliphatic rings. The average molecular weight is 477 g/mol. The van der Waals surface area contributed by atoms with Gasteiger partial charge in [0.25, 0.3) is 0 Å². The Morgan fingerprint density at radius 1 is 1.18 bits per heavy atom. The van der Waals surface area contributed by atoms with Gasteiger partial charge in [0.2, 0.25) is 0 Å². The number of thioether (sulfide) groups is 1. The number of hydrogen-bond donors (Lipinski definition) is 1. The highest BCUT2D eigenvalue weighted by atomic mass is 32.2. The first-order valence-electron chi connectivity index (χ1n) is 12.4. The van der Waals surface area contributed by atoms with Crippen LogP contribution in [-0.2, 0) is 6.42 Å². The Bertz CT molecular complexity index is 1100. The summed E-state index contributed by atoms with van der Waals surface area (Å²) < 4.78 is 6.23. The zero-order chi connectivity index (χ0) is 23.8. The van der Waals surface area contributed by atoms with Crippen molar-refractivity contribution in [3.05, 3.63) is 65.3 Å². The van der Waals surface area contributed by atoms with Crippen molar-refractivity contribution in [2.75, 3.05) is 38.2 Å². The molecule has 34 heavy (non-hydrogen) atoms. The number of benzene rings is 2. The van der Waals surface area contributed by atoms with Crippen molar-refractivity contribution >= 4 is 28.5 Å². The van der Waals surface area contributed by atoms with Gasteiger partial charge in [0, 0.05) is 24.5 Å². The maximum absolute atomic E-state index is 6.23. The lowest BCUT2D eigenvalue weighted by atomic mass is 9.99. The van der Waals surface area contributed by atoms with Gasteiger partial charge in [0.1, 0.15) is 17.9 Å². The summed E-state index contributed by atoms with van der Waals surface area (Å²) in [5.41, 5.74) is 3.39. The normalized spacial score (nSPS) is 14.7. The van der Waals surface area contributed by atoms with E-state index in [0.29, 0.717) is 12.5 Å². The van der Waals surface area contributed by atoms with Crippen LogP contribution in [0.15, 0.2) is 59.1 Å². The molecule has 2 heterocycles. The second-order valence-electron chi connectivity index (χ2n) is 8.96. The van der Waals surface area contributed by atoms with E-state index in [1.54, 1.807) is 18.1 Å². The van der Waals surface area contributed by atoms with Crippen LogP contribution in [-0.4, -0.2) is 43.3 Å². The number of nitrogens with one attached hydrogen (secondary N) is 1. The van der Waals surface area contributed by atoms with E-state index in [0.717, 1.165) is 65.4 Å². The Labute approximate surface area is 208 Å². The van der Waals surface area contributed by atoms with E-state index in [-0.39, 0.29) is 0 Å². The standard InChI is InChI=1S/C28H36N4OS/c1-4-17-33-27-21(2)26-24(19-25(27)34-18-13-23-10-14-29-15-11-23)28(31-20-30-26)32(3)16-12-22-8-6-5-7-9-22/h5-9,13,18-20,23,29H,4,10-12,14-17H2,1-3H3/b18-13+. The van der Waals surface area contributed by atoms with Crippen LogP contribution in [0, 0.1) is 12.8 Å². The summed E-state index contributed by atoms with van der Waals surface area (Å²) in [5, 5.41) is 6.77. The van der Waals surface area contributed by atoms with Crippen molar-refractivity contribution in [1.82, 2.24) is 15.3 Å². The van der Waals surface area contributed by atoms with E-state index < -0.39 is 0 Å². The third-order valence-electron chi connectivity index (χ3n) is 6.38. The topological polar surface area (TPSA) is 50.3 Å². The van der Waals surface area contributed by atoms with Gasteiger partial charge in [0.05, 0.1) is 17.0 Å². The number of piperidine rings is 1. The zero-order valence-corrected chi connectivity index (χ0v) is 21.4. The highest BCUT2D eigenvalue weighted by molar-refractivity contribution is 8.02. The van der Waals surface area contributed by atoms with Gasteiger partial charge in [-0.3, -0.25) is 0 Å². The van der Waals surface area contributed by atoms with Crippen LogP contribution in [0.25, 0.3) is 10.9 Å². The second kappa shape index (κ2) is 12.2. The first kappa shape index (κ1) is 24.6. The number of allylic oxidation sites excluding steroid dienone is 1. The molecule has 0 saturated carbocycles. The lowest BCUT2D eigenvalue weighted by molar-refractivity contribution is 0.308. The van der Waals surface area contributed by atoms with Gasteiger partial charge >= 0.3 is 0 Å². The van der Waals surface area contributed by atoms with E-state index >= 15 is 0 Å². The lowest BCUT2D eigenvalue weighted by Crippen LogP contribution is -2.26. The van der Waals surface area contributed by atoms with Crippen molar-refractivity contribution in [2.24, 2.45) is 5.92 Å². The summed E-state index contributed by atoms with van der Waals surface area (Å²) in [6.45, 7) is 8.07. The number of hydrogen-bond acceptors (Lipinski definition) is 6. The molecule has 0 radical (unpaired) electrons. The fourth-order valence-corrected chi connectivity index (χ4v) is 5.34. The van der Waals surface area contributed by atoms with E-state index in [9.17, 15) is 0 Å². The number of anilines is 1. The van der Waals surface area contributed by atoms with Crippen molar-refractivity contribution < 1.29 is 4.74 Å². The summed E-state index contributed by atoms with van der Waals surface area (Å²) in [5.74, 6) is 2.57. The molecule has 1 fully saturated rings. The average Bonchev–Trinajstić information content (AvgIpc) is 2.88. The van der Waals surface area contributed by atoms with Crippen LogP contribution < -0.4 is 15.0 Å². The largest absolute Gasteiger partial charge is 0.492 e. The fraction of sp³-hybridized carbons (Fsp3) is 0.429. The molecule has 1 saturated heterocycles. The fourth-order valence-electron chi connectivity index (χ4n) is 4.39. The monoisotopic (exact) mass is 476 g/mol. The number of nitrogens with zero attached hydrogens (tertiary/aromatic N) is 3. The molecule has 4 rings (SSSR count). The Morgan fingerprint density at radius 2 is 1.97 bits per heavy atom. The maximum Gasteiger partial charge on any atom is 0.139 e. The highest BCUT2D eigenvalue weighted by Gasteiger charge is 2.18. The summed E-state index contributed by atoms with van der Waals surface area (Å²) >= 11 is 1.75. The number of fused-ring (bicyclic) bond motifs is 1. The van der Waals surface area contributed by atoms with Crippen LogP contribution in [0.2, 0.25) is 0 Å². The van der Waals surface area contributed by atoms with Crippen molar-refractivity contribution in [2.45, 2.75) is 44.4 Å². The second-order valence-corrected chi connectivity index (χ2v) is 9.91. The van der Waals surface area contributed by atoms with E-state index in [2.05, 4.69) is 89.0 Å². The van der Waals surface area contributed by atoms with Gasteiger partial charge < -0.3 is 15.0 Å². The van der Waals surface area contributed by atoms with Gasteiger partial charge in [-0.2, -0.15) is 0 Å². The molecular formula is C28H36N4OS. The maximum atomic E-state index is 6.23. The molecule has 0 atom stereocenters. The Balaban J connectivity index is 1.62. The molecule has 0 aliphatic carbocycles. The predicted molar refractivity (Wildman–Crippen MR) is 144 cm³/mol. The molecule has 2 aromatic carbocycles. The van der Waals surface area contributed by atoms with Gasteiger partial charge in [-0.1, -0.05) is 55.1 Å². The molecule has 1 aromatic heterocycles. The van der Waals surface area contributed by atoms with Crippen molar-refractivity contribution in [3.63, 3.8) is 0 Å². The Hall–Kier alpha value is -2.57. The molecule has 3 aromatic rings. The minimum absolute atomic E-state index is 0.651. The lowest BCUT2D eigenvalue weighted by Gasteiger charge is -2.22. The van der Waals surface area contributed by atoms with Crippen LogP contribution in [0.5, 0.6) is 5.75 Å². The smallest absolute Gasteiger partial charge is 0.139 e. The molecule has 1 aliphatic heterocycles. The van der Waals surface area contributed by atoms with E-state index in [1.165, 1.54) is 18.4 Å². The third-order valence-corrected chi connectivity index (χ3v) is 7.23. The van der Waals surface area contributed by atoms with E-state index in [4.69, 9.17) is 4.74 Å². The van der Waals surface area contributed by atoms with Gasteiger partial charge in [-0.25, -0.2) is 9.97 Å². The van der Waals surface area contributed by atoms with Crippen molar-refractivity contribution in [1.29, 1.82) is 0 Å². The van der Waals surface area contributed by atoms with Crippen LogP contribution >= 0.6 is 11.8 Å². The number of aryl methyl sites for hydroxylation is 1. The molecule has 0 spiro atoms. The third kappa shape index (κ3) is 6.10. The summed E-state index contributed by atoms with van der Waals surface area (Å²) in [6.07, 6.45) is 8.40. The Kier molecular flexibility index (Phi) is 8.83. The molecule has 180 valence electrons. The number of ether oxygens (including phenoxy) is 1. The highest BCUT2D eigenvalue weighted by Crippen LogP contribution is 2.40. The molecule has 1 N–H and O–H groups in total. The molecule has 0 unspecified atom stereocenters. The van der Waals surface area contributed by atoms with Crippen LogP contribution in [0.3, 0.4) is 0 Å². The quantitative estimate of drug-likeness (QED) is 0.362. The Morgan fingerprint density at radius 3 is 2.74 bits per heavy atom. The molecule has 0 amide bonds. The zero-order valence-electron chi connectivity index (χ0n) is 20.6. The minimum atomic E-state index is 0.651. The minimum Gasteiger partial charge on any atom is -0.492 e. The predicted octanol–water partition coefficient (Wildman–Crippen LogP) is 6.01. The SMILES string of the molecule is CCCOc1c(S/C=C/C2CCNCC2)cc2c(N(C)CCc3ccccc3)ncnc2c1C. The molecule has 6 heteroatoms. The van der Waals surface area contributed by atoms with Crippen LogP contribution in [0.1, 0.15) is 37.3 Å². The first-order chi connectivity index (χ1) is 16.7. The number of rotatable bonds is 10. The first-order valence-corrected chi connectivity index (χ1v) is 13.3. The van der Waals surface area contributed by atoms with Crippen LogP contribution in [0.4, 0.5) is 5.82 Å². The van der Waals surface area contributed by atoms with Crippen molar-refractivity contribution in [3.8, 4) is 5.75 Å². The van der Waals surface area contributed by atoms with Gasteiger partial charge in [-0.05, 0) is 68.7 Å². The number of aromatic nitrogens is 2. The van der Waals surface area contributed by atoms with Gasteiger partial charge in [-0.15, -0.1) is 0 Å². The summed E-state index contributed by atoms with van der Waals surface area (Å²) in [4.78, 5) is 12.7.